The lowest BCUT2D eigenvalue weighted by Gasteiger charge is -2.05. The Morgan fingerprint density at radius 2 is 2.25 bits per heavy atom. The Hall–Kier alpha value is -2.15. The molecule has 0 aliphatic carbocycles. The van der Waals surface area contributed by atoms with Crippen molar-refractivity contribution >= 4 is 5.95 Å². The number of hydrazine groups is 1. The number of ether oxygens (including phenoxy) is 1. The van der Waals surface area contributed by atoms with Crippen LogP contribution in [0.5, 0.6) is 11.8 Å². The van der Waals surface area contributed by atoms with Crippen molar-refractivity contribution in [3.05, 3.63) is 23.5 Å². The minimum atomic E-state index is 0.299. The summed E-state index contributed by atoms with van der Waals surface area (Å²) in [4.78, 5) is 8.02. The van der Waals surface area contributed by atoms with Crippen molar-refractivity contribution < 1.29 is 4.74 Å². The molecule has 0 aromatic carbocycles. The zero-order chi connectivity index (χ0) is 11.5. The molecule has 7 nitrogen and oxygen atoms in total. The Morgan fingerprint density at radius 1 is 1.44 bits per heavy atom. The monoisotopic (exact) mass is 220 g/mol. The van der Waals surface area contributed by atoms with Crippen LogP contribution in [0.3, 0.4) is 0 Å². The fourth-order valence-electron chi connectivity index (χ4n) is 1.14. The molecule has 2 heterocycles. The summed E-state index contributed by atoms with van der Waals surface area (Å²) in [7, 11) is 0. The van der Waals surface area contributed by atoms with E-state index in [4.69, 9.17) is 10.6 Å². The highest BCUT2D eigenvalue weighted by molar-refractivity contribution is 5.33. The van der Waals surface area contributed by atoms with Crippen LogP contribution in [0.2, 0.25) is 0 Å². The Morgan fingerprint density at radius 3 is 2.88 bits per heavy atom. The summed E-state index contributed by atoms with van der Waals surface area (Å²) in [6.07, 6.45) is 1.62. The van der Waals surface area contributed by atoms with Gasteiger partial charge in [0.05, 0.1) is 0 Å². The molecular weight excluding hydrogens is 208 g/mol. The number of rotatable bonds is 3. The third-order valence-electron chi connectivity index (χ3n) is 1.94. The van der Waals surface area contributed by atoms with Gasteiger partial charge in [-0.3, -0.25) is 10.5 Å². The summed E-state index contributed by atoms with van der Waals surface area (Å²) >= 11 is 0. The van der Waals surface area contributed by atoms with Gasteiger partial charge < -0.3 is 4.74 Å². The highest BCUT2D eigenvalue weighted by atomic mass is 16.5. The van der Waals surface area contributed by atoms with Crippen LogP contribution in [0.25, 0.3) is 0 Å². The van der Waals surface area contributed by atoms with Gasteiger partial charge in [0.1, 0.15) is 0 Å². The van der Waals surface area contributed by atoms with E-state index in [0.717, 1.165) is 11.3 Å². The second kappa shape index (κ2) is 4.15. The fraction of sp³-hybridized carbons (Fsp3) is 0.222. The molecule has 0 fully saturated rings. The van der Waals surface area contributed by atoms with E-state index in [2.05, 4.69) is 25.6 Å². The maximum absolute atomic E-state index is 5.48. The van der Waals surface area contributed by atoms with Crippen LogP contribution in [0, 0.1) is 13.8 Å². The first kappa shape index (κ1) is 10.4. The van der Waals surface area contributed by atoms with E-state index < -0.39 is 0 Å². The van der Waals surface area contributed by atoms with Gasteiger partial charge in [0, 0.05) is 23.5 Å². The molecule has 0 amide bonds. The normalized spacial score (nSPS) is 10.2. The molecule has 16 heavy (non-hydrogen) atoms. The molecule has 0 aliphatic rings. The first-order valence-electron chi connectivity index (χ1n) is 4.69. The van der Waals surface area contributed by atoms with E-state index in [9.17, 15) is 0 Å². The summed E-state index contributed by atoms with van der Waals surface area (Å²) in [6.45, 7) is 3.73. The van der Waals surface area contributed by atoms with Crippen LogP contribution in [0.1, 0.15) is 11.3 Å². The van der Waals surface area contributed by atoms with Crippen molar-refractivity contribution in [1.29, 1.82) is 0 Å². The Labute approximate surface area is 92.0 Å². The maximum atomic E-state index is 5.48. The van der Waals surface area contributed by atoms with Gasteiger partial charge in [-0.1, -0.05) is 0 Å². The summed E-state index contributed by atoms with van der Waals surface area (Å²) < 4.78 is 5.48. The molecule has 2 aromatic rings. The number of nitrogens with one attached hydrogen (secondary N) is 2. The Balaban J connectivity index is 2.26. The minimum absolute atomic E-state index is 0.299. The Kier molecular flexibility index (Phi) is 2.69. The van der Waals surface area contributed by atoms with Crippen molar-refractivity contribution in [2.24, 2.45) is 5.84 Å². The molecule has 2 aromatic heterocycles. The van der Waals surface area contributed by atoms with Crippen LogP contribution in [0.4, 0.5) is 5.95 Å². The number of aryl methyl sites for hydroxylation is 2. The topological polar surface area (TPSA) is 102 Å². The fourth-order valence-corrected chi connectivity index (χ4v) is 1.14. The van der Waals surface area contributed by atoms with Gasteiger partial charge in [-0.15, -0.1) is 5.10 Å². The van der Waals surface area contributed by atoms with E-state index in [1.807, 2.05) is 13.8 Å². The highest BCUT2D eigenvalue weighted by Gasteiger charge is 2.07. The number of aromatic nitrogens is 4. The number of H-pyrrole nitrogens is 1. The van der Waals surface area contributed by atoms with Crippen LogP contribution in [-0.2, 0) is 0 Å². The molecule has 0 saturated carbocycles. The van der Waals surface area contributed by atoms with Gasteiger partial charge in [-0.05, 0) is 13.8 Å². The molecule has 7 heteroatoms. The number of nitrogens with two attached hydrogens (primary N) is 1. The lowest BCUT2D eigenvalue weighted by Crippen LogP contribution is -2.11. The van der Waals surface area contributed by atoms with Gasteiger partial charge in [-0.2, -0.15) is 4.98 Å². The molecule has 0 spiro atoms. The van der Waals surface area contributed by atoms with Crippen LogP contribution < -0.4 is 16.0 Å². The summed E-state index contributed by atoms with van der Waals surface area (Å²) in [5.41, 5.74) is 4.08. The zero-order valence-electron chi connectivity index (χ0n) is 8.98. The van der Waals surface area contributed by atoms with Crippen LogP contribution in [-0.4, -0.2) is 20.2 Å². The molecule has 0 saturated heterocycles. The largest absolute Gasteiger partial charge is 0.419 e. The number of hydrogen-bond donors (Lipinski definition) is 3. The molecule has 2 rings (SSSR count). The third-order valence-corrected chi connectivity index (χ3v) is 1.94. The van der Waals surface area contributed by atoms with Crippen LogP contribution >= 0.6 is 0 Å². The van der Waals surface area contributed by atoms with Gasteiger partial charge in [0.15, 0.2) is 0 Å². The molecule has 84 valence electrons. The van der Waals surface area contributed by atoms with E-state index in [1.165, 1.54) is 0 Å². The minimum Gasteiger partial charge on any atom is -0.419 e. The first-order chi connectivity index (χ1) is 7.69. The van der Waals surface area contributed by atoms with Crippen molar-refractivity contribution in [3.8, 4) is 11.8 Å². The molecular formula is C9H12N6O. The number of hydrogen-bond acceptors (Lipinski definition) is 6. The molecule has 4 N–H and O–H groups in total. The standard InChI is InChI=1S/C9H12N6O/c1-5-4-11-9(13-10)12-8(5)16-7-3-6(2)14-15-7/h3-4H,10H2,1-2H3,(H,14,15)(H,11,12,13). The average Bonchev–Trinajstić information content (AvgIpc) is 2.67. The van der Waals surface area contributed by atoms with Crippen LogP contribution in [0.15, 0.2) is 12.3 Å². The maximum Gasteiger partial charge on any atom is 0.240 e. The Bertz CT molecular complexity index is 494. The first-order valence-corrected chi connectivity index (χ1v) is 4.69. The average molecular weight is 220 g/mol. The van der Waals surface area contributed by atoms with E-state index in [0.29, 0.717) is 17.7 Å². The van der Waals surface area contributed by atoms with E-state index >= 15 is 0 Å². The second-order valence-corrected chi connectivity index (χ2v) is 3.32. The quantitative estimate of drug-likeness (QED) is 0.524. The van der Waals surface area contributed by atoms with Gasteiger partial charge in [0.2, 0.25) is 17.7 Å². The summed E-state index contributed by atoms with van der Waals surface area (Å²) in [5, 5.41) is 6.73. The van der Waals surface area contributed by atoms with E-state index in [-0.39, 0.29) is 0 Å². The van der Waals surface area contributed by atoms with Gasteiger partial charge in [-0.25, -0.2) is 10.8 Å². The predicted octanol–water partition coefficient (Wildman–Crippen LogP) is 0.894. The van der Waals surface area contributed by atoms with Gasteiger partial charge >= 0.3 is 0 Å². The zero-order valence-corrected chi connectivity index (χ0v) is 8.98. The molecule has 0 radical (unpaired) electrons. The van der Waals surface area contributed by atoms with E-state index in [1.54, 1.807) is 12.3 Å². The third kappa shape index (κ3) is 2.09. The molecule has 0 atom stereocenters. The number of anilines is 1. The smallest absolute Gasteiger partial charge is 0.240 e. The van der Waals surface area contributed by atoms with Crippen molar-refractivity contribution in [1.82, 2.24) is 20.2 Å². The number of nitrogens with zero attached hydrogens (tertiary/aromatic N) is 3. The van der Waals surface area contributed by atoms with Crippen molar-refractivity contribution in [3.63, 3.8) is 0 Å². The number of nitrogen functional groups attached to an aromatic ring is 1. The molecule has 0 unspecified atom stereocenters. The lowest BCUT2D eigenvalue weighted by atomic mass is 10.4. The number of aromatic amines is 1. The highest BCUT2D eigenvalue weighted by Crippen LogP contribution is 2.21. The molecule has 0 bridgehead atoms. The lowest BCUT2D eigenvalue weighted by molar-refractivity contribution is 0.439. The van der Waals surface area contributed by atoms with Gasteiger partial charge in [0.25, 0.3) is 0 Å². The van der Waals surface area contributed by atoms with Crippen molar-refractivity contribution in [2.45, 2.75) is 13.8 Å². The second-order valence-electron chi connectivity index (χ2n) is 3.32. The van der Waals surface area contributed by atoms with Crippen molar-refractivity contribution in [2.75, 3.05) is 5.43 Å². The summed E-state index contributed by atoms with van der Waals surface area (Å²) in [6, 6.07) is 1.77. The summed E-state index contributed by atoms with van der Waals surface area (Å²) in [5.74, 6) is 6.40. The molecule has 0 aliphatic heterocycles. The SMILES string of the molecule is Cc1cc(Oc2nc(NN)ncc2C)n[nH]1. The predicted molar refractivity (Wildman–Crippen MR) is 58.0 cm³/mol.